The van der Waals surface area contributed by atoms with Crippen molar-refractivity contribution in [3.8, 4) is 11.5 Å². The predicted molar refractivity (Wildman–Crippen MR) is 80.6 cm³/mol. The molecule has 1 aromatic carbocycles. The van der Waals surface area contributed by atoms with Gasteiger partial charge in [0.2, 0.25) is 23.8 Å². The minimum atomic E-state index is -0.139. The van der Waals surface area contributed by atoms with Crippen LogP contribution in [0.5, 0.6) is 11.5 Å². The fourth-order valence-electron chi connectivity index (χ4n) is 2.00. The van der Waals surface area contributed by atoms with Gasteiger partial charge in [-0.2, -0.15) is 4.98 Å². The van der Waals surface area contributed by atoms with Crippen molar-refractivity contribution in [1.82, 2.24) is 20.5 Å². The Hall–Kier alpha value is -2.42. The Bertz CT molecular complexity index is 690. The topological polar surface area (TPSA) is 115 Å². The van der Waals surface area contributed by atoms with Gasteiger partial charge < -0.3 is 20.5 Å². The molecule has 0 spiro atoms. The van der Waals surface area contributed by atoms with E-state index in [2.05, 4.69) is 20.5 Å². The van der Waals surface area contributed by atoms with Crippen LogP contribution in [0.4, 0.5) is 5.95 Å². The molecule has 0 aliphatic carbocycles. The largest absolute Gasteiger partial charge is 0.454 e. The van der Waals surface area contributed by atoms with Crippen molar-refractivity contribution < 1.29 is 14.3 Å². The van der Waals surface area contributed by atoms with Crippen molar-refractivity contribution in [2.24, 2.45) is 0 Å². The van der Waals surface area contributed by atoms with Crippen LogP contribution in [0.1, 0.15) is 18.5 Å². The number of amides is 1. The maximum Gasteiger partial charge on any atom is 0.231 e. The normalized spacial score (nSPS) is 13.9. The number of aromatic nitrogens is 3. The fraction of sp³-hybridized carbons (Fsp3) is 0.308. The number of benzene rings is 1. The van der Waals surface area contributed by atoms with Gasteiger partial charge in [-0.05, 0) is 24.6 Å². The zero-order valence-corrected chi connectivity index (χ0v) is 12.6. The van der Waals surface area contributed by atoms with Gasteiger partial charge in [0.25, 0.3) is 0 Å². The summed E-state index contributed by atoms with van der Waals surface area (Å²) in [5.41, 5.74) is 6.37. The molecule has 116 valence electrons. The van der Waals surface area contributed by atoms with E-state index in [1.54, 1.807) is 0 Å². The minimum Gasteiger partial charge on any atom is -0.454 e. The first-order valence-corrected chi connectivity index (χ1v) is 7.60. The number of carbonyl (C=O) groups is 1. The van der Waals surface area contributed by atoms with E-state index < -0.39 is 0 Å². The van der Waals surface area contributed by atoms with Gasteiger partial charge >= 0.3 is 0 Å². The second-order valence-electron chi connectivity index (χ2n) is 4.69. The van der Waals surface area contributed by atoms with Crippen LogP contribution in [0.3, 0.4) is 0 Å². The second kappa shape index (κ2) is 6.14. The van der Waals surface area contributed by atoms with Crippen LogP contribution in [-0.2, 0) is 4.79 Å². The van der Waals surface area contributed by atoms with E-state index in [0.717, 1.165) is 11.3 Å². The SMILES string of the molecule is C[C@@H](NC(=O)CSc1n[nH]c(N)n1)c1ccc2c(c1)OCO2. The maximum absolute atomic E-state index is 12.0. The highest BCUT2D eigenvalue weighted by Gasteiger charge is 2.17. The van der Waals surface area contributed by atoms with E-state index in [9.17, 15) is 4.79 Å². The quantitative estimate of drug-likeness (QED) is 0.706. The van der Waals surface area contributed by atoms with E-state index >= 15 is 0 Å². The second-order valence-corrected chi connectivity index (χ2v) is 5.64. The smallest absolute Gasteiger partial charge is 0.231 e. The molecule has 9 heteroatoms. The van der Waals surface area contributed by atoms with Crippen molar-refractivity contribution in [3.63, 3.8) is 0 Å². The number of nitrogens with two attached hydrogens (primary N) is 1. The first-order chi connectivity index (χ1) is 10.6. The van der Waals surface area contributed by atoms with Gasteiger partial charge in [0, 0.05) is 0 Å². The third-order valence-electron chi connectivity index (χ3n) is 3.09. The number of nitrogen functional groups attached to an aromatic ring is 1. The number of hydrogen-bond acceptors (Lipinski definition) is 7. The third kappa shape index (κ3) is 3.25. The first kappa shape index (κ1) is 14.5. The minimum absolute atomic E-state index is 0.112. The lowest BCUT2D eigenvalue weighted by molar-refractivity contribution is -0.119. The Morgan fingerprint density at radius 2 is 2.32 bits per heavy atom. The fourth-order valence-corrected chi connectivity index (χ4v) is 2.62. The zero-order chi connectivity index (χ0) is 15.5. The number of fused-ring (bicyclic) bond motifs is 1. The summed E-state index contributed by atoms with van der Waals surface area (Å²) in [7, 11) is 0. The van der Waals surface area contributed by atoms with Crippen LogP contribution >= 0.6 is 11.8 Å². The van der Waals surface area contributed by atoms with Crippen LogP contribution in [0.15, 0.2) is 23.4 Å². The molecule has 0 saturated carbocycles. The standard InChI is InChI=1S/C13H15N5O3S/c1-7(8-2-3-9-10(4-8)21-6-20-9)15-11(19)5-22-13-16-12(14)17-18-13/h2-4,7H,5-6H2,1H3,(H,15,19)(H3,14,16,17,18)/t7-/m1/s1. The number of nitrogens with zero attached hydrogens (tertiary/aromatic N) is 2. The molecule has 22 heavy (non-hydrogen) atoms. The van der Waals surface area contributed by atoms with Gasteiger partial charge in [-0.25, -0.2) is 5.10 Å². The molecule has 1 aliphatic heterocycles. The van der Waals surface area contributed by atoms with Gasteiger partial charge in [0.1, 0.15) is 0 Å². The molecule has 0 unspecified atom stereocenters. The Balaban J connectivity index is 1.54. The van der Waals surface area contributed by atoms with Crippen LogP contribution in [0, 0.1) is 0 Å². The van der Waals surface area contributed by atoms with Crippen molar-refractivity contribution in [1.29, 1.82) is 0 Å². The lowest BCUT2D eigenvalue weighted by Crippen LogP contribution is -2.28. The predicted octanol–water partition coefficient (Wildman–Crippen LogP) is 1.09. The molecular formula is C13H15N5O3S. The molecule has 0 fully saturated rings. The van der Waals surface area contributed by atoms with Gasteiger partial charge in [-0.1, -0.05) is 17.8 Å². The number of thioether (sulfide) groups is 1. The number of anilines is 1. The average Bonchev–Trinajstić information content (AvgIpc) is 3.12. The average molecular weight is 321 g/mol. The molecule has 0 bridgehead atoms. The Labute approximate surface area is 130 Å². The van der Waals surface area contributed by atoms with Crippen molar-refractivity contribution in [3.05, 3.63) is 23.8 Å². The molecule has 1 aliphatic rings. The van der Waals surface area contributed by atoms with Gasteiger partial charge in [-0.15, -0.1) is 5.10 Å². The lowest BCUT2D eigenvalue weighted by Gasteiger charge is -2.14. The summed E-state index contributed by atoms with van der Waals surface area (Å²) in [5.74, 6) is 1.76. The molecule has 0 radical (unpaired) electrons. The monoisotopic (exact) mass is 321 g/mol. The number of aromatic amines is 1. The van der Waals surface area contributed by atoms with E-state index in [1.165, 1.54) is 11.8 Å². The van der Waals surface area contributed by atoms with Gasteiger partial charge in [0.15, 0.2) is 11.5 Å². The lowest BCUT2D eigenvalue weighted by atomic mass is 10.1. The summed E-state index contributed by atoms with van der Waals surface area (Å²) in [6, 6.07) is 5.48. The van der Waals surface area contributed by atoms with Gasteiger partial charge in [-0.3, -0.25) is 4.79 Å². The van der Waals surface area contributed by atoms with Crippen molar-refractivity contribution >= 4 is 23.6 Å². The third-order valence-corrected chi connectivity index (χ3v) is 3.94. The highest BCUT2D eigenvalue weighted by atomic mass is 32.2. The zero-order valence-electron chi connectivity index (χ0n) is 11.8. The van der Waals surface area contributed by atoms with Crippen molar-refractivity contribution in [2.45, 2.75) is 18.1 Å². The summed E-state index contributed by atoms with van der Waals surface area (Å²) < 4.78 is 10.6. The van der Waals surface area contributed by atoms with E-state index in [1.807, 2.05) is 25.1 Å². The number of hydrogen-bond donors (Lipinski definition) is 3. The highest BCUT2D eigenvalue weighted by Crippen LogP contribution is 2.34. The van der Waals surface area contributed by atoms with Crippen molar-refractivity contribution in [2.75, 3.05) is 18.3 Å². The molecule has 8 nitrogen and oxygen atoms in total. The van der Waals surface area contributed by atoms with E-state index in [-0.39, 0.29) is 30.4 Å². The summed E-state index contributed by atoms with van der Waals surface area (Å²) in [4.78, 5) is 15.9. The Kier molecular flexibility index (Phi) is 4.05. The van der Waals surface area contributed by atoms with E-state index in [4.69, 9.17) is 15.2 Å². The Morgan fingerprint density at radius 3 is 3.09 bits per heavy atom. The number of ether oxygens (including phenoxy) is 2. The number of carbonyl (C=O) groups excluding carboxylic acids is 1. The molecule has 1 atom stereocenters. The highest BCUT2D eigenvalue weighted by molar-refractivity contribution is 7.99. The number of H-pyrrole nitrogens is 1. The number of rotatable bonds is 5. The summed E-state index contributed by atoms with van der Waals surface area (Å²) in [6.45, 7) is 2.14. The summed E-state index contributed by atoms with van der Waals surface area (Å²) in [5, 5.41) is 9.74. The first-order valence-electron chi connectivity index (χ1n) is 6.61. The summed E-state index contributed by atoms with van der Waals surface area (Å²) >= 11 is 1.22. The molecule has 3 rings (SSSR count). The van der Waals surface area contributed by atoms with Crippen LogP contribution in [0.25, 0.3) is 0 Å². The molecule has 2 heterocycles. The molecule has 1 aromatic heterocycles. The molecule has 0 saturated heterocycles. The number of nitrogens with one attached hydrogen (secondary N) is 2. The van der Waals surface area contributed by atoms with Gasteiger partial charge in [0.05, 0.1) is 11.8 Å². The summed E-state index contributed by atoms with van der Waals surface area (Å²) in [6.07, 6.45) is 0. The van der Waals surface area contributed by atoms with Crippen LogP contribution in [0.2, 0.25) is 0 Å². The molecule has 4 N–H and O–H groups in total. The van der Waals surface area contributed by atoms with E-state index in [0.29, 0.717) is 10.9 Å². The maximum atomic E-state index is 12.0. The molecular weight excluding hydrogens is 306 g/mol. The van der Waals surface area contributed by atoms with Crippen LogP contribution in [-0.4, -0.2) is 33.6 Å². The molecule has 1 amide bonds. The van der Waals surface area contributed by atoms with Crippen LogP contribution < -0.4 is 20.5 Å². The Morgan fingerprint density at radius 1 is 1.50 bits per heavy atom. The molecule has 2 aromatic rings.